The van der Waals surface area contributed by atoms with Gasteiger partial charge in [-0.1, -0.05) is 30.3 Å². The van der Waals surface area contributed by atoms with Gasteiger partial charge in [0.25, 0.3) is 0 Å². The van der Waals surface area contributed by atoms with Crippen LogP contribution in [0.25, 0.3) is 10.8 Å². The molecule has 4 nitrogen and oxygen atoms in total. The van der Waals surface area contributed by atoms with Gasteiger partial charge >= 0.3 is 0 Å². The van der Waals surface area contributed by atoms with Crippen molar-refractivity contribution in [2.45, 2.75) is 0 Å². The first-order valence-electron chi connectivity index (χ1n) is 5.44. The summed E-state index contributed by atoms with van der Waals surface area (Å²) in [5.74, 6) is 0.189. The van der Waals surface area contributed by atoms with E-state index in [0.29, 0.717) is 10.7 Å². The second kappa shape index (κ2) is 5.46. The number of fused-ring (bicyclic) bond motifs is 1. The molecular weight excluding hydrogens is 246 g/mol. The van der Waals surface area contributed by atoms with E-state index in [4.69, 9.17) is 12.2 Å². The molecule has 0 amide bonds. The Morgan fingerprint density at radius 2 is 2.06 bits per heavy atom. The van der Waals surface area contributed by atoms with Gasteiger partial charge < -0.3 is 10.4 Å². The molecule has 0 spiro atoms. The van der Waals surface area contributed by atoms with Crippen LogP contribution in [-0.2, 0) is 0 Å². The Balaban J connectivity index is 2.37. The molecule has 0 heterocycles. The Morgan fingerprint density at radius 3 is 2.83 bits per heavy atom. The van der Waals surface area contributed by atoms with Crippen molar-refractivity contribution in [1.82, 2.24) is 10.7 Å². The van der Waals surface area contributed by atoms with Gasteiger partial charge in [0, 0.05) is 12.6 Å². The van der Waals surface area contributed by atoms with E-state index in [-0.39, 0.29) is 5.75 Å². The van der Waals surface area contributed by atoms with Crippen LogP contribution in [0, 0.1) is 0 Å². The van der Waals surface area contributed by atoms with Crippen molar-refractivity contribution in [2.75, 3.05) is 7.05 Å². The highest BCUT2D eigenvalue weighted by Crippen LogP contribution is 2.25. The maximum absolute atomic E-state index is 9.86. The summed E-state index contributed by atoms with van der Waals surface area (Å²) in [6.45, 7) is 0. The topological polar surface area (TPSA) is 56.7 Å². The SMILES string of the molecule is CNC(=S)N/N=C/c1c(O)ccc2ccccc12. The van der Waals surface area contributed by atoms with Gasteiger partial charge in [-0.05, 0) is 29.1 Å². The molecule has 18 heavy (non-hydrogen) atoms. The van der Waals surface area contributed by atoms with Gasteiger partial charge in [0.05, 0.1) is 6.21 Å². The van der Waals surface area contributed by atoms with E-state index in [1.54, 1.807) is 19.3 Å². The molecule has 0 aliphatic carbocycles. The second-order valence-corrected chi connectivity index (χ2v) is 4.08. The predicted molar refractivity (Wildman–Crippen MR) is 78.0 cm³/mol. The van der Waals surface area contributed by atoms with Gasteiger partial charge in [0.2, 0.25) is 0 Å². The first-order chi connectivity index (χ1) is 8.72. The molecule has 92 valence electrons. The van der Waals surface area contributed by atoms with E-state index < -0.39 is 0 Å². The zero-order valence-corrected chi connectivity index (χ0v) is 10.7. The van der Waals surface area contributed by atoms with Crippen molar-refractivity contribution < 1.29 is 5.11 Å². The maximum atomic E-state index is 9.86. The van der Waals surface area contributed by atoms with Gasteiger partial charge in [0.15, 0.2) is 5.11 Å². The Bertz CT molecular complexity index is 610. The Hall–Kier alpha value is -2.14. The van der Waals surface area contributed by atoms with Gasteiger partial charge in [0.1, 0.15) is 5.75 Å². The second-order valence-electron chi connectivity index (χ2n) is 3.67. The summed E-state index contributed by atoms with van der Waals surface area (Å²) < 4.78 is 0. The normalized spacial score (nSPS) is 10.7. The lowest BCUT2D eigenvalue weighted by Crippen LogP contribution is -2.28. The highest BCUT2D eigenvalue weighted by molar-refractivity contribution is 7.80. The average Bonchev–Trinajstić information content (AvgIpc) is 2.41. The molecule has 0 aliphatic rings. The van der Waals surface area contributed by atoms with Crippen LogP contribution in [0.3, 0.4) is 0 Å². The molecule has 0 radical (unpaired) electrons. The van der Waals surface area contributed by atoms with Crippen LogP contribution < -0.4 is 10.7 Å². The maximum Gasteiger partial charge on any atom is 0.186 e. The first kappa shape index (κ1) is 12.3. The van der Waals surface area contributed by atoms with Crippen LogP contribution in [0.5, 0.6) is 5.75 Å². The number of hydrogen-bond donors (Lipinski definition) is 3. The van der Waals surface area contributed by atoms with Crippen LogP contribution in [0.15, 0.2) is 41.5 Å². The number of nitrogens with zero attached hydrogens (tertiary/aromatic N) is 1. The van der Waals surface area contributed by atoms with E-state index in [2.05, 4.69) is 15.8 Å². The molecule has 2 aromatic rings. The minimum absolute atomic E-state index is 0.189. The number of phenols is 1. The largest absolute Gasteiger partial charge is 0.507 e. The molecule has 3 N–H and O–H groups in total. The monoisotopic (exact) mass is 259 g/mol. The van der Waals surface area contributed by atoms with Crippen molar-refractivity contribution in [3.63, 3.8) is 0 Å². The lowest BCUT2D eigenvalue weighted by molar-refractivity contribution is 0.475. The van der Waals surface area contributed by atoms with Gasteiger partial charge in [-0.15, -0.1) is 0 Å². The predicted octanol–water partition coefficient (Wildman–Crippen LogP) is 1.97. The number of nitrogens with one attached hydrogen (secondary N) is 2. The number of hydrazone groups is 1. The summed E-state index contributed by atoms with van der Waals surface area (Å²) in [5.41, 5.74) is 3.32. The third-order valence-electron chi connectivity index (χ3n) is 2.53. The third-order valence-corrected chi connectivity index (χ3v) is 2.83. The van der Waals surface area contributed by atoms with E-state index in [9.17, 15) is 5.11 Å². The molecule has 2 rings (SSSR count). The molecule has 0 atom stereocenters. The summed E-state index contributed by atoms with van der Waals surface area (Å²) >= 11 is 4.90. The van der Waals surface area contributed by atoms with Gasteiger partial charge in [-0.25, -0.2) is 0 Å². The van der Waals surface area contributed by atoms with Crippen LogP contribution in [0.2, 0.25) is 0 Å². The van der Waals surface area contributed by atoms with E-state index >= 15 is 0 Å². The van der Waals surface area contributed by atoms with Gasteiger partial charge in [-0.3, -0.25) is 5.43 Å². The van der Waals surface area contributed by atoms with E-state index in [1.165, 1.54) is 0 Å². The zero-order valence-electron chi connectivity index (χ0n) is 9.84. The van der Waals surface area contributed by atoms with Crippen molar-refractivity contribution in [1.29, 1.82) is 0 Å². The lowest BCUT2D eigenvalue weighted by Gasteiger charge is -2.05. The molecule has 0 aliphatic heterocycles. The van der Waals surface area contributed by atoms with Crippen molar-refractivity contribution in [3.8, 4) is 5.75 Å². The molecule has 0 saturated heterocycles. The minimum atomic E-state index is 0.189. The molecule has 0 bridgehead atoms. The van der Waals surface area contributed by atoms with Crippen LogP contribution >= 0.6 is 12.2 Å². The van der Waals surface area contributed by atoms with Gasteiger partial charge in [-0.2, -0.15) is 5.10 Å². The number of thiocarbonyl (C=S) groups is 1. The van der Waals surface area contributed by atoms with Crippen molar-refractivity contribution in [2.24, 2.45) is 5.10 Å². The fourth-order valence-corrected chi connectivity index (χ4v) is 1.68. The Kier molecular flexibility index (Phi) is 3.74. The highest BCUT2D eigenvalue weighted by atomic mass is 32.1. The zero-order chi connectivity index (χ0) is 13.0. The fraction of sp³-hybridized carbons (Fsp3) is 0.0769. The number of aromatic hydroxyl groups is 1. The molecule has 0 unspecified atom stereocenters. The van der Waals surface area contributed by atoms with Crippen molar-refractivity contribution in [3.05, 3.63) is 42.0 Å². The minimum Gasteiger partial charge on any atom is -0.507 e. The van der Waals surface area contributed by atoms with Crippen molar-refractivity contribution >= 4 is 34.3 Å². The van der Waals surface area contributed by atoms with Crippen LogP contribution in [0.1, 0.15) is 5.56 Å². The summed E-state index contributed by atoms with van der Waals surface area (Å²) in [7, 11) is 1.71. The molecule has 0 aromatic heterocycles. The lowest BCUT2D eigenvalue weighted by atomic mass is 10.0. The number of rotatable bonds is 2. The summed E-state index contributed by atoms with van der Waals surface area (Å²) in [6, 6.07) is 11.3. The average molecular weight is 259 g/mol. The number of hydrogen-bond acceptors (Lipinski definition) is 3. The number of benzene rings is 2. The fourth-order valence-electron chi connectivity index (χ4n) is 1.63. The molecular formula is C13H13N3OS. The smallest absolute Gasteiger partial charge is 0.186 e. The standard InChI is InChI=1S/C13H13N3OS/c1-14-13(18)16-15-8-11-10-5-3-2-4-9(10)6-7-12(11)17/h2-8,17H,1H3,(H2,14,16,18)/b15-8+. The molecule has 0 saturated carbocycles. The first-order valence-corrected chi connectivity index (χ1v) is 5.84. The Morgan fingerprint density at radius 1 is 1.28 bits per heavy atom. The highest BCUT2D eigenvalue weighted by Gasteiger charge is 2.03. The van der Waals surface area contributed by atoms with E-state index in [0.717, 1.165) is 10.8 Å². The van der Waals surface area contributed by atoms with E-state index in [1.807, 2.05) is 30.3 Å². The Labute approximate surface area is 110 Å². The number of phenolic OH excluding ortho intramolecular Hbond substituents is 1. The van der Waals surface area contributed by atoms with Crippen LogP contribution in [-0.4, -0.2) is 23.5 Å². The quantitative estimate of drug-likeness (QED) is 0.438. The summed E-state index contributed by atoms with van der Waals surface area (Å²) in [4.78, 5) is 0. The summed E-state index contributed by atoms with van der Waals surface area (Å²) in [5, 5.41) is 19.0. The molecule has 2 aromatic carbocycles. The molecule has 5 heteroatoms. The molecule has 0 fully saturated rings. The van der Waals surface area contributed by atoms with Crippen LogP contribution in [0.4, 0.5) is 0 Å². The summed E-state index contributed by atoms with van der Waals surface area (Å²) in [6.07, 6.45) is 1.56. The third kappa shape index (κ3) is 2.57.